The first-order valence-electron chi connectivity index (χ1n) is 8.97. The van der Waals surface area contributed by atoms with Gasteiger partial charge in [0.15, 0.2) is 6.61 Å². The van der Waals surface area contributed by atoms with Gasteiger partial charge < -0.3 is 10.0 Å². The topological polar surface area (TPSA) is 78.9 Å². The van der Waals surface area contributed by atoms with Crippen molar-refractivity contribution in [3.05, 3.63) is 95.2 Å². The SMILES string of the molecule is CC=C(C=C1C(=O)N(Cc2ccccc2)C1c1ccccc1)NOCC(=O)O. The molecular formula is C22H22N2O4. The number of nitrogens with one attached hydrogen (secondary N) is 1. The summed E-state index contributed by atoms with van der Waals surface area (Å²) in [7, 11) is 0. The van der Waals surface area contributed by atoms with E-state index in [1.165, 1.54) is 0 Å². The Morgan fingerprint density at radius 2 is 1.79 bits per heavy atom. The molecule has 1 saturated heterocycles. The number of hydrogen-bond donors (Lipinski definition) is 2. The average molecular weight is 378 g/mol. The minimum atomic E-state index is -1.08. The quantitative estimate of drug-likeness (QED) is 0.419. The molecule has 28 heavy (non-hydrogen) atoms. The summed E-state index contributed by atoms with van der Waals surface area (Å²) in [5, 5.41) is 8.69. The molecule has 2 N–H and O–H groups in total. The summed E-state index contributed by atoms with van der Waals surface area (Å²) in [6.45, 7) is 1.83. The smallest absolute Gasteiger partial charge is 0.332 e. The first-order chi connectivity index (χ1) is 13.6. The lowest BCUT2D eigenvalue weighted by Crippen LogP contribution is -2.48. The molecule has 0 bridgehead atoms. The molecule has 0 aromatic heterocycles. The third-order valence-electron chi connectivity index (χ3n) is 4.43. The van der Waals surface area contributed by atoms with E-state index in [1.54, 1.807) is 19.1 Å². The van der Waals surface area contributed by atoms with Gasteiger partial charge in [-0.1, -0.05) is 66.7 Å². The Balaban J connectivity index is 1.83. The molecule has 1 aliphatic rings. The predicted octanol–water partition coefficient (Wildman–Crippen LogP) is 3.21. The van der Waals surface area contributed by atoms with Crippen LogP contribution in [0.15, 0.2) is 84.1 Å². The van der Waals surface area contributed by atoms with Crippen LogP contribution in [0.2, 0.25) is 0 Å². The highest BCUT2D eigenvalue weighted by atomic mass is 16.7. The van der Waals surface area contributed by atoms with Crippen molar-refractivity contribution in [2.75, 3.05) is 6.61 Å². The molecule has 0 saturated carbocycles. The molecule has 1 atom stereocenters. The zero-order chi connectivity index (χ0) is 19.9. The predicted molar refractivity (Wildman–Crippen MR) is 105 cm³/mol. The fourth-order valence-corrected chi connectivity index (χ4v) is 3.10. The van der Waals surface area contributed by atoms with Gasteiger partial charge in [-0.25, -0.2) is 4.79 Å². The zero-order valence-corrected chi connectivity index (χ0v) is 15.5. The molecule has 1 unspecified atom stereocenters. The molecule has 0 spiro atoms. The first-order valence-corrected chi connectivity index (χ1v) is 8.97. The van der Waals surface area contributed by atoms with Gasteiger partial charge in [0.25, 0.3) is 5.91 Å². The van der Waals surface area contributed by atoms with Crippen LogP contribution in [-0.4, -0.2) is 28.5 Å². The lowest BCUT2D eigenvalue weighted by atomic mass is 9.86. The Morgan fingerprint density at radius 1 is 1.14 bits per heavy atom. The van der Waals surface area contributed by atoms with Gasteiger partial charge in [-0.05, 0) is 24.1 Å². The van der Waals surface area contributed by atoms with Gasteiger partial charge in [-0.15, -0.1) is 0 Å². The molecule has 144 valence electrons. The summed E-state index contributed by atoms with van der Waals surface area (Å²) in [5.74, 6) is -1.14. The molecule has 6 nitrogen and oxygen atoms in total. The van der Waals surface area contributed by atoms with Crippen LogP contribution in [0.1, 0.15) is 24.1 Å². The Labute approximate surface area is 163 Å². The van der Waals surface area contributed by atoms with E-state index in [9.17, 15) is 9.59 Å². The number of carboxylic acids is 1. The minimum Gasteiger partial charge on any atom is -0.479 e. The molecule has 0 radical (unpaired) electrons. The number of nitrogens with zero attached hydrogens (tertiary/aromatic N) is 1. The van der Waals surface area contributed by atoms with Crippen LogP contribution in [0.3, 0.4) is 0 Å². The van der Waals surface area contributed by atoms with Gasteiger partial charge in [0.05, 0.1) is 11.7 Å². The Hall–Kier alpha value is -3.38. The highest BCUT2D eigenvalue weighted by molar-refractivity contribution is 6.02. The Morgan fingerprint density at radius 3 is 2.39 bits per heavy atom. The lowest BCUT2D eigenvalue weighted by Gasteiger charge is -2.43. The van der Waals surface area contributed by atoms with Gasteiger partial charge >= 0.3 is 5.97 Å². The number of hydroxylamine groups is 1. The molecule has 6 heteroatoms. The maximum atomic E-state index is 12.9. The summed E-state index contributed by atoms with van der Waals surface area (Å²) in [6.07, 6.45) is 3.44. The van der Waals surface area contributed by atoms with Crippen LogP contribution >= 0.6 is 0 Å². The van der Waals surface area contributed by atoms with Crippen LogP contribution in [0.5, 0.6) is 0 Å². The third kappa shape index (κ3) is 4.47. The van der Waals surface area contributed by atoms with E-state index in [0.29, 0.717) is 17.8 Å². The second kappa shape index (κ2) is 9.01. The lowest BCUT2D eigenvalue weighted by molar-refractivity contribution is -0.144. The van der Waals surface area contributed by atoms with Crippen molar-refractivity contribution in [1.29, 1.82) is 0 Å². The van der Waals surface area contributed by atoms with E-state index < -0.39 is 12.6 Å². The van der Waals surface area contributed by atoms with E-state index in [1.807, 2.05) is 65.6 Å². The number of amides is 1. The number of benzene rings is 2. The maximum Gasteiger partial charge on any atom is 0.332 e. The van der Waals surface area contributed by atoms with Gasteiger partial charge in [0.2, 0.25) is 0 Å². The first kappa shape index (κ1) is 19.4. The second-order valence-electron chi connectivity index (χ2n) is 6.36. The van der Waals surface area contributed by atoms with Crippen molar-refractivity contribution in [2.24, 2.45) is 0 Å². The van der Waals surface area contributed by atoms with Gasteiger partial charge in [-0.2, -0.15) is 0 Å². The zero-order valence-electron chi connectivity index (χ0n) is 15.5. The van der Waals surface area contributed by atoms with E-state index in [4.69, 9.17) is 9.94 Å². The number of carbonyl (C=O) groups is 2. The van der Waals surface area contributed by atoms with Crippen LogP contribution in [0.25, 0.3) is 0 Å². The monoisotopic (exact) mass is 378 g/mol. The number of likely N-dealkylation sites (tertiary alicyclic amines) is 1. The number of hydrogen-bond acceptors (Lipinski definition) is 4. The molecule has 1 fully saturated rings. The van der Waals surface area contributed by atoms with Crippen molar-refractivity contribution >= 4 is 11.9 Å². The summed E-state index contributed by atoms with van der Waals surface area (Å²) in [4.78, 5) is 30.2. The number of carbonyl (C=O) groups excluding carboxylic acids is 1. The molecule has 2 aromatic carbocycles. The maximum absolute atomic E-state index is 12.9. The van der Waals surface area contributed by atoms with Gasteiger partial charge in [0, 0.05) is 12.1 Å². The van der Waals surface area contributed by atoms with Crippen LogP contribution in [0, 0.1) is 0 Å². The van der Waals surface area contributed by atoms with Crippen molar-refractivity contribution in [3.8, 4) is 0 Å². The number of allylic oxidation sites excluding steroid dienone is 2. The molecule has 2 aromatic rings. The van der Waals surface area contributed by atoms with E-state index in [-0.39, 0.29) is 11.9 Å². The minimum absolute atomic E-state index is 0.0582. The summed E-state index contributed by atoms with van der Waals surface area (Å²) >= 11 is 0. The van der Waals surface area contributed by atoms with E-state index in [0.717, 1.165) is 11.1 Å². The van der Waals surface area contributed by atoms with Crippen LogP contribution in [0.4, 0.5) is 0 Å². The summed E-state index contributed by atoms with van der Waals surface area (Å²) in [5.41, 5.74) is 5.83. The van der Waals surface area contributed by atoms with E-state index in [2.05, 4.69) is 5.48 Å². The van der Waals surface area contributed by atoms with Crippen LogP contribution in [-0.2, 0) is 21.0 Å². The number of rotatable bonds is 8. The highest BCUT2D eigenvalue weighted by Crippen LogP contribution is 2.41. The average Bonchev–Trinajstić information content (AvgIpc) is 2.72. The molecule has 1 amide bonds. The summed E-state index contributed by atoms with van der Waals surface area (Å²) in [6, 6.07) is 19.5. The largest absolute Gasteiger partial charge is 0.479 e. The van der Waals surface area contributed by atoms with Crippen molar-refractivity contribution in [1.82, 2.24) is 10.4 Å². The van der Waals surface area contributed by atoms with Crippen LogP contribution < -0.4 is 5.48 Å². The molecule has 1 heterocycles. The number of aliphatic carboxylic acids is 1. The highest BCUT2D eigenvalue weighted by Gasteiger charge is 2.42. The fraction of sp³-hybridized carbons (Fsp3) is 0.182. The number of β-lactam (4-membered cyclic amide) rings is 1. The van der Waals surface area contributed by atoms with Gasteiger partial charge in [-0.3, -0.25) is 15.1 Å². The van der Waals surface area contributed by atoms with Crippen molar-refractivity contribution < 1.29 is 19.5 Å². The molecular weight excluding hydrogens is 356 g/mol. The van der Waals surface area contributed by atoms with Crippen molar-refractivity contribution in [3.63, 3.8) is 0 Å². The Bertz CT molecular complexity index is 891. The number of carboxylic acid groups (broad SMARTS) is 1. The second-order valence-corrected chi connectivity index (χ2v) is 6.36. The summed E-state index contributed by atoms with van der Waals surface area (Å²) < 4.78 is 0. The van der Waals surface area contributed by atoms with E-state index >= 15 is 0 Å². The standard InChI is InChI=1S/C22H22N2O4/c1-2-18(23-28-15-20(25)26)13-19-21(17-11-7-4-8-12-17)24(22(19)27)14-16-9-5-3-6-10-16/h2-13,21,23H,14-15H2,1H3,(H,25,26). The fourth-order valence-electron chi connectivity index (χ4n) is 3.10. The van der Waals surface area contributed by atoms with Crippen molar-refractivity contribution in [2.45, 2.75) is 19.5 Å². The molecule has 3 rings (SSSR count). The Kier molecular flexibility index (Phi) is 6.24. The molecule has 1 aliphatic heterocycles. The van der Waals surface area contributed by atoms with Gasteiger partial charge in [0.1, 0.15) is 0 Å². The third-order valence-corrected chi connectivity index (χ3v) is 4.43. The molecule has 0 aliphatic carbocycles. The normalized spacial score (nSPS) is 18.1.